The molecule has 156 valence electrons. The summed E-state index contributed by atoms with van der Waals surface area (Å²) in [5, 5.41) is 9.93. The number of likely N-dealkylation sites (tertiary alicyclic amines) is 1. The number of aromatic nitrogens is 2. The van der Waals surface area contributed by atoms with Crippen LogP contribution in [0.15, 0.2) is 59.2 Å². The number of nitrogens with zero attached hydrogens (tertiary/aromatic N) is 2. The summed E-state index contributed by atoms with van der Waals surface area (Å²) in [6.07, 6.45) is 5.59. The first kappa shape index (κ1) is 20.6. The molecule has 1 fully saturated rings. The van der Waals surface area contributed by atoms with Gasteiger partial charge in [-0.1, -0.05) is 22.4 Å². The third-order valence-electron chi connectivity index (χ3n) is 5.26. The van der Waals surface area contributed by atoms with E-state index in [9.17, 15) is 4.79 Å². The number of rotatable bonds is 7. The Balaban J connectivity index is 1.37. The van der Waals surface area contributed by atoms with Crippen LogP contribution in [0.1, 0.15) is 29.6 Å². The molecule has 2 heterocycles. The number of nitrogens with one attached hydrogen (secondary N) is 2. The Morgan fingerprint density at radius 1 is 1.10 bits per heavy atom. The number of halogens is 1. The molecule has 3 aromatic rings. The summed E-state index contributed by atoms with van der Waals surface area (Å²) in [5.74, 6) is 0.609. The fourth-order valence-electron chi connectivity index (χ4n) is 3.63. The molecule has 0 saturated carbocycles. The predicted octanol–water partition coefficient (Wildman–Crippen LogP) is 4.96. The number of amides is 1. The maximum Gasteiger partial charge on any atom is 0.255 e. The third-order valence-corrected chi connectivity index (χ3v) is 5.76. The van der Waals surface area contributed by atoms with Crippen molar-refractivity contribution < 1.29 is 9.53 Å². The first-order chi connectivity index (χ1) is 14.7. The van der Waals surface area contributed by atoms with Crippen LogP contribution in [0.3, 0.4) is 0 Å². The molecule has 0 aliphatic carbocycles. The molecular weight excluding hydrogens is 444 g/mol. The fraction of sp³-hybridized carbons (Fsp3) is 0.304. The Hall–Kier alpha value is -2.64. The predicted molar refractivity (Wildman–Crippen MR) is 122 cm³/mol. The smallest absolute Gasteiger partial charge is 0.255 e. The maximum atomic E-state index is 12.8. The maximum absolute atomic E-state index is 12.8. The van der Waals surface area contributed by atoms with Crippen molar-refractivity contribution in [2.45, 2.75) is 19.3 Å². The van der Waals surface area contributed by atoms with Crippen molar-refractivity contribution in [2.24, 2.45) is 0 Å². The Morgan fingerprint density at radius 3 is 2.63 bits per heavy atom. The number of anilines is 1. The average Bonchev–Trinajstić information content (AvgIpc) is 3.30. The summed E-state index contributed by atoms with van der Waals surface area (Å²) in [6.45, 7) is 3.94. The molecule has 0 bridgehead atoms. The second-order valence-electron chi connectivity index (χ2n) is 7.39. The quantitative estimate of drug-likeness (QED) is 0.514. The van der Waals surface area contributed by atoms with Crippen LogP contribution >= 0.6 is 15.9 Å². The Bertz CT molecular complexity index is 967. The zero-order valence-corrected chi connectivity index (χ0v) is 18.3. The molecule has 0 unspecified atom stereocenters. The van der Waals surface area contributed by atoms with Crippen molar-refractivity contribution in [3.8, 4) is 17.0 Å². The topological polar surface area (TPSA) is 70.2 Å². The van der Waals surface area contributed by atoms with Crippen molar-refractivity contribution >= 4 is 27.5 Å². The molecule has 1 aromatic heterocycles. The number of benzene rings is 2. The Kier molecular flexibility index (Phi) is 6.81. The van der Waals surface area contributed by atoms with E-state index in [1.54, 1.807) is 18.3 Å². The van der Waals surface area contributed by atoms with Gasteiger partial charge in [-0.3, -0.25) is 14.8 Å². The van der Waals surface area contributed by atoms with E-state index in [1.165, 1.54) is 32.4 Å². The normalized spacial score (nSPS) is 14.4. The Labute approximate surface area is 184 Å². The van der Waals surface area contributed by atoms with Gasteiger partial charge in [-0.15, -0.1) is 0 Å². The van der Waals surface area contributed by atoms with Gasteiger partial charge in [0.2, 0.25) is 0 Å². The van der Waals surface area contributed by atoms with Crippen LogP contribution in [0, 0.1) is 0 Å². The lowest BCUT2D eigenvalue weighted by Gasteiger charge is -2.26. The van der Waals surface area contributed by atoms with Gasteiger partial charge in [0.1, 0.15) is 12.4 Å². The molecule has 1 amide bonds. The third kappa shape index (κ3) is 5.29. The largest absolute Gasteiger partial charge is 0.492 e. The minimum Gasteiger partial charge on any atom is -0.492 e. The molecule has 6 nitrogen and oxygen atoms in total. The molecule has 0 radical (unpaired) electrons. The van der Waals surface area contributed by atoms with Crippen molar-refractivity contribution in [3.05, 3.63) is 64.8 Å². The number of hydrogen-bond donors (Lipinski definition) is 2. The van der Waals surface area contributed by atoms with Crippen LogP contribution in [-0.2, 0) is 0 Å². The molecule has 30 heavy (non-hydrogen) atoms. The summed E-state index contributed by atoms with van der Waals surface area (Å²) < 4.78 is 6.74. The number of carbonyl (C=O) groups is 1. The van der Waals surface area contributed by atoms with Crippen molar-refractivity contribution in [1.82, 2.24) is 15.1 Å². The summed E-state index contributed by atoms with van der Waals surface area (Å²) in [7, 11) is 0. The monoisotopic (exact) mass is 468 g/mol. The van der Waals surface area contributed by atoms with Gasteiger partial charge >= 0.3 is 0 Å². The highest BCUT2D eigenvalue weighted by molar-refractivity contribution is 9.10. The summed E-state index contributed by atoms with van der Waals surface area (Å²) in [6, 6.07) is 14.9. The van der Waals surface area contributed by atoms with Crippen LogP contribution in [0.5, 0.6) is 5.75 Å². The van der Waals surface area contributed by atoms with Gasteiger partial charge in [0.25, 0.3) is 5.91 Å². The van der Waals surface area contributed by atoms with Crippen LogP contribution in [0.4, 0.5) is 5.69 Å². The van der Waals surface area contributed by atoms with Gasteiger partial charge < -0.3 is 10.1 Å². The fourth-order valence-corrected chi connectivity index (χ4v) is 3.99. The molecule has 0 atom stereocenters. The highest BCUT2D eigenvalue weighted by Crippen LogP contribution is 2.30. The van der Waals surface area contributed by atoms with E-state index in [2.05, 4.69) is 36.3 Å². The number of ether oxygens (including phenoxy) is 1. The van der Waals surface area contributed by atoms with Crippen LogP contribution in [-0.4, -0.2) is 47.2 Å². The lowest BCUT2D eigenvalue weighted by atomic mass is 10.1. The molecular formula is C23H25BrN4O2. The van der Waals surface area contributed by atoms with Gasteiger partial charge in [0, 0.05) is 28.3 Å². The van der Waals surface area contributed by atoms with Crippen LogP contribution in [0.2, 0.25) is 0 Å². The standard InChI is InChI=1S/C23H25BrN4O2/c24-18-6-9-20(21-10-11-25-27-21)22(16-18)26-23(29)17-4-7-19(8-5-17)30-15-14-28-12-2-1-3-13-28/h4-11,16H,1-3,12-15H2,(H,25,27)(H,26,29). The van der Waals surface area contributed by atoms with E-state index in [0.717, 1.165) is 28.0 Å². The lowest BCUT2D eigenvalue weighted by molar-refractivity contribution is 0.102. The number of piperidine rings is 1. The van der Waals surface area contributed by atoms with Crippen LogP contribution in [0.25, 0.3) is 11.3 Å². The Morgan fingerprint density at radius 2 is 1.90 bits per heavy atom. The highest BCUT2D eigenvalue weighted by atomic mass is 79.9. The minimum atomic E-state index is -0.172. The summed E-state index contributed by atoms with van der Waals surface area (Å²) in [4.78, 5) is 15.2. The zero-order chi connectivity index (χ0) is 20.8. The number of aromatic amines is 1. The molecule has 1 saturated heterocycles. The number of H-pyrrole nitrogens is 1. The molecule has 2 N–H and O–H groups in total. The molecule has 1 aliphatic heterocycles. The first-order valence-electron chi connectivity index (χ1n) is 10.2. The molecule has 0 spiro atoms. The van der Waals surface area contributed by atoms with Gasteiger partial charge in [-0.2, -0.15) is 5.10 Å². The van der Waals surface area contributed by atoms with Gasteiger partial charge in [-0.25, -0.2) is 0 Å². The van der Waals surface area contributed by atoms with Crippen molar-refractivity contribution in [2.75, 3.05) is 31.6 Å². The van der Waals surface area contributed by atoms with E-state index in [0.29, 0.717) is 17.9 Å². The van der Waals surface area contributed by atoms with E-state index < -0.39 is 0 Å². The molecule has 2 aromatic carbocycles. The SMILES string of the molecule is O=C(Nc1cc(Br)ccc1-c1ccn[nH]1)c1ccc(OCCN2CCCCC2)cc1. The zero-order valence-electron chi connectivity index (χ0n) is 16.7. The molecule has 1 aliphatic rings. The van der Waals surface area contributed by atoms with E-state index in [4.69, 9.17) is 4.74 Å². The molecule has 7 heteroatoms. The van der Waals surface area contributed by atoms with Crippen molar-refractivity contribution in [3.63, 3.8) is 0 Å². The average molecular weight is 469 g/mol. The number of carbonyl (C=O) groups excluding carboxylic acids is 1. The minimum absolute atomic E-state index is 0.172. The molecule has 4 rings (SSSR count). The van der Waals surface area contributed by atoms with Crippen molar-refractivity contribution in [1.29, 1.82) is 0 Å². The van der Waals surface area contributed by atoms with E-state index in [1.807, 2.05) is 36.4 Å². The van der Waals surface area contributed by atoms with E-state index >= 15 is 0 Å². The van der Waals surface area contributed by atoms with E-state index in [-0.39, 0.29) is 5.91 Å². The second-order valence-corrected chi connectivity index (χ2v) is 8.31. The number of hydrogen-bond acceptors (Lipinski definition) is 4. The van der Waals surface area contributed by atoms with Gasteiger partial charge in [0.05, 0.1) is 11.4 Å². The summed E-state index contributed by atoms with van der Waals surface area (Å²) in [5.41, 5.74) is 3.01. The first-order valence-corrected chi connectivity index (χ1v) is 11.0. The van der Waals surface area contributed by atoms with Crippen LogP contribution < -0.4 is 10.1 Å². The van der Waals surface area contributed by atoms with Gasteiger partial charge in [0.15, 0.2) is 0 Å². The lowest BCUT2D eigenvalue weighted by Crippen LogP contribution is -2.33. The highest BCUT2D eigenvalue weighted by Gasteiger charge is 2.13. The van der Waals surface area contributed by atoms with Gasteiger partial charge in [-0.05, 0) is 74.5 Å². The second kappa shape index (κ2) is 9.91. The summed E-state index contributed by atoms with van der Waals surface area (Å²) >= 11 is 3.47.